The molecule has 0 atom stereocenters. The molecule has 0 aliphatic carbocycles. The molecule has 1 aliphatic rings. The van der Waals surface area contributed by atoms with Crippen molar-refractivity contribution in [2.24, 2.45) is 0 Å². The van der Waals surface area contributed by atoms with Crippen molar-refractivity contribution >= 4 is 0 Å². The first-order chi connectivity index (χ1) is 16.8. The van der Waals surface area contributed by atoms with Gasteiger partial charge in [-0.05, 0) is 24.1 Å². The molecule has 5 nitrogen and oxygen atoms in total. The minimum absolute atomic E-state index is 0.306. The van der Waals surface area contributed by atoms with Gasteiger partial charge >= 0.3 is 0 Å². The van der Waals surface area contributed by atoms with Gasteiger partial charge in [-0.1, -0.05) is 80.1 Å². The second kappa shape index (κ2) is 10.6. The maximum Gasteiger partial charge on any atom is 0.231 e. The number of hydrogen-bond donors (Lipinski definition) is 1. The first-order valence-corrected chi connectivity index (χ1v) is 12.1. The summed E-state index contributed by atoms with van der Waals surface area (Å²) in [5, 5.41) is 3.61. The van der Waals surface area contributed by atoms with E-state index in [1.54, 1.807) is 0 Å². The fourth-order valence-corrected chi connectivity index (χ4v) is 4.42. The number of rotatable bonds is 10. The normalized spacial score (nSPS) is 12.3. The Morgan fingerprint density at radius 2 is 1.62 bits per heavy atom. The van der Waals surface area contributed by atoms with Crippen LogP contribution in [-0.2, 0) is 19.5 Å². The molecule has 1 N–H and O–H groups in total. The van der Waals surface area contributed by atoms with Crippen LogP contribution in [0.4, 0.5) is 0 Å². The van der Waals surface area contributed by atoms with Gasteiger partial charge < -0.3 is 19.4 Å². The van der Waals surface area contributed by atoms with E-state index in [0.717, 1.165) is 67.5 Å². The maximum atomic E-state index is 5.52. The second-order valence-corrected chi connectivity index (χ2v) is 8.58. The quantitative estimate of drug-likeness (QED) is 0.296. The Kier molecular flexibility index (Phi) is 6.91. The predicted molar refractivity (Wildman–Crippen MR) is 136 cm³/mol. The van der Waals surface area contributed by atoms with E-state index in [-0.39, 0.29) is 0 Å². The average Bonchev–Trinajstić information content (AvgIpc) is 3.50. The van der Waals surface area contributed by atoms with Gasteiger partial charge in [0.2, 0.25) is 6.79 Å². The summed E-state index contributed by atoms with van der Waals surface area (Å²) in [6.07, 6.45) is 3.18. The van der Waals surface area contributed by atoms with Crippen LogP contribution in [0.2, 0.25) is 0 Å². The highest BCUT2D eigenvalue weighted by Gasteiger charge is 2.19. The van der Waals surface area contributed by atoms with Gasteiger partial charge in [-0.25, -0.2) is 4.98 Å². The summed E-state index contributed by atoms with van der Waals surface area (Å²) in [7, 11) is 0. The summed E-state index contributed by atoms with van der Waals surface area (Å²) in [5.41, 5.74) is 5.89. The zero-order chi connectivity index (χ0) is 23.2. The highest BCUT2D eigenvalue weighted by Crippen LogP contribution is 2.33. The van der Waals surface area contributed by atoms with E-state index in [1.807, 2.05) is 6.07 Å². The van der Waals surface area contributed by atoms with E-state index in [4.69, 9.17) is 14.5 Å². The van der Waals surface area contributed by atoms with E-state index in [9.17, 15) is 0 Å². The predicted octanol–water partition coefficient (Wildman–Crippen LogP) is 6.08. The molecule has 4 aromatic rings. The summed E-state index contributed by atoms with van der Waals surface area (Å²) in [6.45, 7) is 5.16. The topological polar surface area (TPSA) is 48.3 Å². The first-order valence-electron chi connectivity index (χ1n) is 12.1. The Morgan fingerprint density at radius 3 is 2.38 bits per heavy atom. The maximum absolute atomic E-state index is 5.52. The molecule has 0 fully saturated rings. The molecule has 0 amide bonds. The number of unbranched alkanes of at least 4 members (excludes halogenated alkanes) is 1. The van der Waals surface area contributed by atoms with E-state index < -0.39 is 0 Å². The summed E-state index contributed by atoms with van der Waals surface area (Å²) >= 11 is 0. The van der Waals surface area contributed by atoms with Crippen molar-refractivity contribution < 1.29 is 9.47 Å². The lowest BCUT2D eigenvalue weighted by Crippen LogP contribution is -2.19. The molecule has 5 rings (SSSR count). The fraction of sp³-hybridized carbons (Fsp3) is 0.276. The van der Waals surface area contributed by atoms with Crippen molar-refractivity contribution in [1.82, 2.24) is 14.9 Å². The van der Waals surface area contributed by atoms with Crippen LogP contribution in [0.1, 0.15) is 31.0 Å². The molecule has 1 aliphatic heterocycles. The summed E-state index contributed by atoms with van der Waals surface area (Å²) in [4.78, 5) is 5.18. The van der Waals surface area contributed by atoms with E-state index in [2.05, 4.69) is 89.6 Å². The van der Waals surface area contributed by atoms with Crippen LogP contribution in [0.15, 0.2) is 78.9 Å². The standard InChI is InChI=1S/C29H31N3O2/c1-2-3-18-32-25(16-17-30-20-22-14-15-26-27(19-22)34-21-33-26)28(23-10-6-4-7-11-23)31-29(32)24-12-8-5-9-13-24/h4-15,19,30H,2-3,16-18,20-21H2,1H3. The van der Waals surface area contributed by atoms with Crippen LogP contribution in [0.25, 0.3) is 22.6 Å². The molecule has 3 aromatic carbocycles. The molecular formula is C29H31N3O2. The van der Waals surface area contributed by atoms with Gasteiger partial charge in [-0.3, -0.25) is 0 Å². The molecule has 0 radical (unpaired) electrons. The highest BCUT2D eigenvalue weighted by molar-refractivity contribution is 5.68. The number of fused-ring (bicyclic) bond motifs is 1. The third-order valence-electron chi connectivity index (χ3n) is 6.19. The zero-order valence-corrected chi connectivity index (χ0v) is 19.7. The van der Waals surface area contributed by atoms with Gasteiger partial charge in [-0.2, -0.15) is 0 Å². The smallest absolute Gasteiger partial charge is 0.231 e. The summed E-state index contributed by atoms with van der Waals surface area (Å²) in [6, 6.07) is 27.2. The van der Waals surface area contributed by atoms with Crippen molar-refractivity contribution in [3.8, 4) is 34.1 Å². The first kappa shape index (κ1) is 22.2. The highest BCUT2D eigenvalue weighted by atomic mass is 16.7. The van der Waals surface area contributed by atoms with E-state index in [1.165, 1.54) is 16.8 Å². The molecule has 34 heavy (non-hydrogen) atoms. The van der Waals surface area contributed by atoms with Crippen molar-refractivity contribution in [1.29, 1.82) is 0 Å². The number of nitrogens with one attached hydrogen (secondary N) is 1. The molecule has 1 aromatic heterocycles. The van der Waals surface area contributed by atoms with Crippen molar-refractivity contribution in [3.63, 3.8) is 0 Å². The van der Waals surface area contributed by atoms with Gasteiger partial charge in [0.15, 0.2) is 11.5 Å². The lowest BCUT2D eigenvalue weighted by molar-refractivity contribution is 0.174. The average molecular weight is 454 g/mol. The van der Waals surface area contributed by atoms with Crippen LogP contribution < -0.4 is 14.8 Å². The van der Waals surface area contributed by atoms with Crippen LogP contribution in [0, 0.1) is 0 Å². The molecule has 174 valence electrons. The molecule has 2 heterocycles. The number of aromatic nitrogens is 2. The fourth-order valence-electron chi connectivity index (χ4n) is 4.42. The van der Waals surface area contributed by atoms with Crippen molar-refractivity contribution in [3.05, 3.63) is 90.1 Å². The molecule has 0 saturated heterocycles. The second-order valence-electron chi connectivity index (χ2n) is 8.58. The van der Waals surface area contributed by atoms with Crippen molar-refractivity contribution in [2.75, 3.05) is 13.3 Å². The third kappa shape index (κ3) is 4.85. The van der Waals surface area contributed by atoms with Gasteiger partial charge in [0.05, 0.1) is 5.69 Å². The Morgan fingerprint density at radius 1 is 0.882 bits per heavy atom. The van der Waals surface area contributed by atoms with Crippen LogP contribution in [-0.4, -0.2) is 22.9 Å². The third-order valence-corrected chi connectivity index (χ3v) is 6.19. The Labute approximate surface area is 201 Å². The Hall–Kier alpha value is -3.57. The molecular weight excluding hydrogens is 422 g/mol. The lowest BCUT2D eigenvalue weighted by atomic mass is 10.1. The summed E-state index contributed by atoms with van der Waals surface area (Å²) in [5.74, 6) is 2.71. The monoisotopic (exact) mass is 453 g/mol. The number of nitrogens with zero attached hydrogens (tertiary/aromatic N) is 2. The summed E-state index contributed by atoms with van der Waals surface area (Å²) < 4.78 is 13.4. The minimum Gasteiger partial charge on any atom is -0.454 e. The van der Waals surface area contributed by atoms with Crippen LogP contribution in [0.5, 0.6) is 11.5 Å². The Balaban J connectivity index is 1.40. The van der Waals surface area contributed by atoms with E-state index in [0.29, 0.717) is 6.79 Å². The van der Waals surface area contributed by atoms with Gasteiger partial charge in [0, 0.05) is 42.9 Å². The van der Waals surface area contributed by atoms with Crippen LogP contribution in [0.3, 0.4) is 0 Å². The van der Waals surface area contributed by atoms with Gasteiger partial charge in [-0.15, -0.1) is 0 Å². The van der Waals surface area contributed by atoms with Gasteiger partial charge in [0.1, 0.15) is 5.82 Å². The Bertz CT molecular complexity index is 1220. The van der Waals surface area contributed by atoms with E-state index >= 15 is 0 Å². The number of imidazole rings is 1. The zero-order valence-electron chi connectivity index (χ0n) is 19.7. The molecule has 0 saturated carbocycles. The number of ether oxygens (including phenoxy) is 2. The molecule has 0 spiro atoms. The molecule has 5 heteroatoms. The van der Waals surface area contributed by atoms with Gasteiger partial charge in [0.25, 0.3) is 0 Å². The number of hydrogen-bond acceptors (Lipinski definition) is 4. The minimum atomic E-state index is 0.306. The largest absolute Gasteiger partial charge is 0.454 e. The van der Waals surface area contributed by atoms with Crippen LogP contribution >= 0.6 is 0 Å². The SMILES string of the molecule is CCCCn1c(-c2ccccc2)nc(-c2ccccc2)c1CCNCc1ccc2c(c1)OCO2. The molecule has 0 bridgehead atoms. The number of benzene rings is 3. The lowest BCUT2D eigenvalue weighted by Gasteiger charge is -2.13. The van der Waals surface area contributed by atoms with Crippen molar-refractivity contribution in [2.45, 2.75) is 39.3 Å². The molecule has 0 unspecified atom stereocenters.